The summed E-state index contributed by atoms with van der Waals surface area (Å²) >= 11 is 0. The van der Waals surface area contributed by atoms with Gasteiger partial charge in [-0.05, 0) is 48.2 Å². The highest BCUT2D eigenvalue weighted by Crippen LogP contribution is 2.18. The lowest BCUT2D eigenvalue weighted by atomic mass is 10.1. The number of ether oxygens (including phenoxy) is 2. The number of hydrogen-bond donors (Lipinski definition) is 2. The van der Waals surface area contributed by atoms with Crippen molar-refractivity contribution in [2.75, 3.05) is 26.9 Å². The van der Waals surface area contributed by atoms with E-state index in [2.05, 4.69) is 40.6 Å². The van der Waals surface area contributed by atoms with E-state index in [-0.39, 0.29) is 0 Å². The molecule has 0 saturated carbocycles. The van der Waals surface area contributed by atoms with Crippen LogP contribution in [0.2, 0.25) is 0 Å². The van der Waals surface area contributed by atoms with Crippen molar-refractivity contribution in [3.05, 3.63) is 65.9 Å². The predicted octanol–water partition coefficient (Wildman–Crippen LogP) is 3.53. The van der Waals surface area contributed by atoms with Crippen LogP contribution in [0.25, 0.3) is 10.9 Å². The lowest BCUT2D eigenvalue weighted by Crippen LogP contribution is -2.17. The zero-order valence-electron chi connectivity index (χ0n) is 14.0. The number of aromatic nitrogens is 1. The van der Waals surface area contributed by atoms with E-state index in [9.17, 15) is 0 Å². The number of rotatable bonds is 9. The first-order valence-corrected chi connectivity index (χ1v) is 8.33. The Morgan fingerprint density at radius 2 is 1.96 bits per heavy atom. The van der Waals surface area contributed by atoms with Gasteiger partial charge in [0, 0.05) is 30.9 Å². The minimum atomic E-state index is 0.574. The second-order valence-electron chi connectivity index (χ2n) is 5.78. The van der Waals surface area contributed by atoms with E-state index in [1.807, 2.05) is 24.4 Å². The summed E-state index contributed by atoms with van der Waals surface area (Å²) in [4.78, 5) is 3.22. The van der Waals surface area contributed by atoms with Crippen LogP contribution >= 0.6 is 0 Å². The second kappa shape index (κ2) is 8.52. The molecular weight excluding hydrogens is 300 g/mol. The summed E-state index contributed by atoms with van der Waals surface area (Å²) < 4.78 is 10.8. The van der Waals surface area contributed by atoms with Crippen LogP contribution in [0.15, 0.2) is 54.7 Å². The molecular formula is C20H24N2O2. The summed E-state index contributed by atoms with van der Waals surface area (Å²) in [5.41, 5.74) is 3.71. The van der Waals surface area contributed by atoms with Crippen LogP contribution in [0.1, 0.15) is 11.1 Å². The number of H-pyrrole nitrogens is 1. The van der Waals surface area contributed by atoms with Gasteiger partial charge in [0.1, 0.15) is 12.4 Å². The highest BCUT2D eigenvalue weighted by atomic mass is 16.5. The normalized spacial score (nSPS) is 11.0. The van der Waals surface area contributed by atoms with E-state index in [1.165, 1.54) is 22.0 Å². The molecule has 0 atom stereocenters. The Balaban J connectivity index is 1.49. The standard InChI is InChI=1S/C20H24N2O2/c1-23-12-13-24-20-5-3-2-4-18(20)15-21-10-8-16-6-7-19-17(14-16)9-11-22-19/h2-7,9,11,14,21-22H,8,10,12-13,15H2,1H3. The topological polar surface area (TPSA) is 46.3 Å². The maximum absolute atomic E-state index is 5.76. The molecule has 0 aliphatic heterocycles. The van der Waals surface area contributed by atoms with Crippen molar-refractivity contribution in [3.8, 4) is 5.75 Å². The number of nitrogens with one attached hydrogen (secondary N) is 2. The minimum absolute atomic E-state index is 0.574. The van der Waals surface area contributed by atoms with E-state index in [0.29, 0.717) is 13.2 Å². The Labute approximate surface area is 142 Å². The van der Waals surface area contributed by atoms with Gasteiger partial charge in [0.05, 0.1) is 6.61 Å². The monoisotopic (exact) mass is 324 g/mol. The molecule has 4 heteroatoms. The van der Waals surface area contributed by atoms with Gasteiger partial charge in [-0.1, -0.05) is 24.3 Å². The van der Waals surface area contributed by atoms with Gasteiger partial charge >= 0.3 is 0 Å². The highest BCUT2D eigenvalue weighted by Gasteiger charge is 2.03. The Morgan fingerprint density at radius 1 is 1.04 bits per heavy atom. The molecule has 0 unspecified atom stereocenters. The third kappa shape index (κ3) is 4.37. The van der Waals surface area contributed by atoms with Gasteiger partial charge < -0.3 is 19.8 Å². The molecule has 1 heterocycles. The van der Waals surface area contributed by atoms with Gasteiger partial charge in [-0.2, -0.15) is 0 Å². The van der Waals surface area contributed by atoms with Crippen LogP contribution < -0.4 is 10.1 Å². The first-order chi connectivity index (χ1) is 11.9. The summed E-state index contributed by atoms with van der Waals surface area (Å²) in [7, 11) is 1.68. The molecule has 0 amide bonds. The fourth-order valence-corrected chi connectivity index (χ4v) is 2.74. The fourth-order valence-electron chi connectivity index (χ4n) is 2.74. The summed E-state index contributed by atoms with van der Waals surface area (Å²) in [6, 6.07) is 16.8. The lowest BCUT2D eigenvalue weighted by molar-refractivity contribution is 0.145. The SMILES string of the molecule is COCCOc1ccccc1CNCCc1ccc2[nH]ccc2c1. The van der Waals surface area contributed by atoms with Crippen molar-refractivity contribution >= 4 is 10.9 Å². The molecule has 0 bridgehead atoms. The first kappa shape index (κ1) is 16.6. The first-order valence-electron chi connectivity index (χ1n) is 8.33. The predicted molar refractivity (Wildman–Crippen MR) is 97.5 cm³/mol. The number of benzene rings is 2. The van der Waals surface area contributed by atoms with Crippen LogP contribution in [0.5, 0.6) is 5.75 Å². The average Bonchev–Trinajstić information content (AvgIpc) is 3.08. The van der Waals surface area contributed by atoms with E-state index in [0.717, 1.165) is 25.3 Å². The van der Waals surface area contributed by atoms with Crippen molar-refractivity contribution in [1.82, 2.24) is 10.3 Å². The van der Waals surface area contributed by atoms with Crippen LogP contribution in [0, 0.1) is 0 Å². The molecule has 3 rings (SSSR count). The molecule has 0 fully saturated rings. The molecule has 126 valence electrons. The van der Waals surface area contributed by atoms with Crippen molar-refractivity contribution < 1.29 is 9.47 Å². The van der Waals surface area contributed by atoms with Crippen molar-refractivity contribution in [2.24, 2.45) is 0 Å². The van der Waals surface area contributed by atoms with E-state index in [4.69, 9.17) is 9.47 Å². The van der Waals surface area contributed by atoms with Gasteiger partial charge in [-0.3, -0.25) is 0 Å². The summed E-state index contributed by atoms with van der Waals surface area (Å²) in [6.07, 6.45) is 2.99. The van der Waals surface area contributed by atoms with Crippen molar-refractivity contribution in [3.63, 3.8) is 0 Å². The fraction of sp³-hybridized carbons (Fsp3) is 0.300. The highest BCUT2D eigenvalue weighted by molar-refractivity contribution is 5.79. The van der Waals surface area contributed by atoms with Gasteiger partial charge in [0.15, 0.2) is 0 Å². The third-order valence-electron chi connectivity index (χ3n) is 4.04. The second-order valence-corrected chi connectivity index (χ2v) is 5.78. The van der Waals surface area contributed by atoms with E-state index < -0.39 is 0 Å². The Bertz CT molecular complexity index is 767. The zero-order chi connectivity index (χ0) is 16.6. The molecule has 0 spiro atoms. The molecule has 0 aliphatic rings. The van der Waals surface area contributed by atoms with E-state index in [1.54, 1.807) is 7.11 Å². The number of methoxy groups -OCH3 is 1. The molecule has 2 N–H and O–H groups in total. The lowest BCUT2D eigenvalue weighted by Gasteiger charge is -2.12. The number of hydrogen-bond acceptors (Lipinski definition) is 3. The van der Waals surface area contributed by atoms with Crippen LogP contribution in [-0.4, -0.2) is 31.9 Å². The number of aromatic amines is 1. The smallest absolute Gasteiger partial charge is 0.123 e. The maximum atomic E-state index is 5.76. The van der Waals surface area contributed by atoms with Crippen LogP contribution in [0.4, 0.5) is 0 Å². The van der Waals surface area contributed by atoms with Crippen molar-refractivity contribution in [1.29, 1.82) is 0 Å². The van der Waals surface area contributed by atoms with Gasteiger partial charge in [0.25, 0.3) is 0 Å². The maximum Gasteiger partial charge on any atom is 0.123 e. The molecule has 24 heavy (non-hydrogen) atoms. The molecule has 2 aromatic carbocycles. The average molecular weight is 324 g/mol. The largest absolute Gasteiger partial charge is 0.491 e. The minimum Gasteiger partial charge on any atom is -0.491 e. The third-order valence-corrected chi connectivity index (χ3v) is 4.04. The molecule has 4 nitrogen and oxygen atoms in total. The van der Waals surface area contributed by atoms with E-state index >= 15 is 0 Å². The molecule has 0 radical (unpaired) electrons. The van der Waals surface area contributed by atoms with Crippen molar-refractivity contribution in [2.45, 2.75) is 13.0 Å². The van der Waals surface area contributed by atoms with Gasteiger partial charge in [0.2, 0.25) is 0 Å². The zero-order valence-corrected chi connectivity index (χ0v) is 14.0. The molecule has 3 aromatic rings. The van der Waals surface area contributed by atoms with Gasteiger partial charge in [-0.15, -0.1) is 0 Å². The Kier molecular flexibility index (Phi) is 5.88. The Morgan fingerprint density at radius 3 is 2.88 bits per heavy atom. The Hall–Kier alpha value is -2.30. The summed E-state index contributed by atoms with van der Waals surface area (Å²) in [6.45, 7) is 2.91. The van der Waals surface area contributed by atoms with Crippen LogP contribution in [-0.2, 0) is 17.7 Å². The van der Waals surface area contributed by atoms with Gasteiger partial charge in [-0.25, -0.2) is 0 Å². The summed E-state index contributed by atoms with van der Waals surface area (Å²) in [5, 5.41) is 4.77. The molecule has 0 aliphatic carbocycles. The number of para-hydroxylation sites is 1. The summed E-state index contributed by atoms with van der Waals surface area (Å²) in [5.74, 6) is 0.927. The quantitative estimate of drug-likeness (QED) is 0.592. The van der Waals surface area contributed by atoms with Crippen LogP contribution in [0.3, 0.4) is 0 Å². The number of fused-ring (bicyclic) bond motifs is 1. The molecule has 0 saturated heterocycles. The molecule has 1 aromatic heterocycles.